The molecule has 2 rings (SSSR count). The highest BCUT2D eigenvalue weighted by Crippen LogP contribution is 2.20. The van der Waals surface area contributed by atoms with Crippen LogP contribution in [-0.4, -0.2) is 23.7 Å². The Morgan fingerprint density at radius 1 is 1.54 bits per heavy atom. The summed E-state index contributed by atoms with van der Waals surface area (Å²) in [6.07, 6.45) is 1.74. The highest BCUT2D eigenvalue weighted by atomic mass is 79.9. The van der Waals surface area contributed by atoms with Crippen molar-refractivity contribution in [2.75, 3.05) is 13.1 Å². The van der Waals surface area contributed by atoms with Crippen molar-refractivity contribution in [1.82, 2.24) is 10.3 Å². The molecule has 0 spiro atoms. The molecule has 1 aliphatic heterocycles. The summed E-state index contributed by atoms with van der Waals surface area (Å²) in [6.45, 7) is 3.86. The van der Waals surface area contributed by atoms with Crippen molar-refractivity contribution < 1.29 is 4.74 Å². The summed E-state index contributed by atoms with van der Waals surface area (Å²) in [4.78, 5) is 4.15. The summed E-state index contributed by atoms with van der Waals surface area (Å²) in [6, 6.07) is 3.80. The Labute approximate surface area is 85.6 Å². The quantitative estimate of drug-likeness (QED) is 0.856. The summed E-state index contributed by atoms with van der Waals surface area (Å²) >= 11 is 3.33. The van der Waals surface area contributed by atoms with E-state index in [4.69, 9.17) is 4.74 Å². The molecular weight excluding hydrogens is 232 g/mol. The van der Waals surface area contributed by atoms with Crippen LogP contribution in [0.15, 0.2) is 22.8 Å². The Kier molecular flexibility index (Phi) is 2.26. The second kappa shape index (κ2) is 3.27. The van der Waals surface area contributed by atoms with Crippen LogP contribution in [-0.2, 0) is 0 Å². The van der Waals surface area contributed by atoms with E-state index in [1.807, 2.05) is 12.1 Å². The highest BCUT2D eigenvalue weighted by Gasteiger charge is 2.34. The lowest BCUT2D eigenvalue weighted by molar-refractivity contribution is 0.0304. The van der Waals surface area contributed by atoms with E-state index in [-0.39, 0.29) is 5.60 Å². The van der Waals surface area contributed by atoms with Crippen molar-refractivity contribution in [3.8, 4) is 5.88 Å². The van der Waals surface area contributed by atoms with E-state index in [1.54, 1.807) is 6.20 Å². The van der Waals surface area contributed by atoms with Gasteiger partial charge in [0.15, 0.2) is 0 Å². The number of rotatable bonds is 2. The van der Waals surface area contributed by atoms with Gasteiger partial charge in [-0.3, -0.25) is 0 Å². The average molecular weight is 243 g/mol. The van der Waals surface area contributed by atoms with Crippen LogP contribution in [0.1, 0.15) is 6.92 Å². The van der Waals surface area contributed by atoms with Gasteiger partial charge in [-0.05, 0) is 28.9 Å². The molecule has 1 fully saturated rings. The lowest BCUT2D eigenvalue weighted by Gasteiger charge is -2.38. The van der Waals surface area contributed by atoms with Gasteiger partial charge in [-0.2, -0.15) is 0 Å². The molecule has 2 heterocycles. The van der Waals surface area contributed by atoms with E-state index in [2.05, 4.69) is 33.2 Å². The fourth-order valence-electron chi connectivity index (χ4n) is 1.22. The Bertz CT molecular complexity index is 295. The number of nitrogens with one attached hydrogen (secondary N) is 1. The zero-order valence-electron chi connectivity index (χ0n) is 7.38. The van der Waals surface area contributed by atoms with Crippen molar-refractivity contribution in [3.05, 3.63) is 22.8 Å². The predicted octanol–water partition coefficient (Wildman–Crippen LogP) is 1.58. The summed E-state index contributed by atoms with van der Waals surface area (Å²) in [5, 5.41) is 3.17. The molecule has 1 aliphatic rings. The number of hydrogen-bond acceptors (Lipinski definition) is 3. The Hall–Kier alpha value is -0.610. The van der Waals surface area contributed by atoms with Crippen molar-refractivity contribution in [2.45, 2.75) is 12.5 Å². The molecule has 13 heavy (non-hydrogen) atoms. The van der Waals surface area contributed by atoms with Gasteiger partial charge in [0.1, 0.15) is 5.60 Å². The van der Waals surface area contributed by atoms with Gasteiger partial charge >= 0.3 is 0 Å². The third-order valence-electron chi connectivity index (χ3n) is 2.05. The first-order valence-electron chi connectivity index (χ1n) is 4.19. The first-order valence-corrected chi connectivity index (χ1v) is 4.99. The fraction of sp³-hybridized carbons (Fsp3) is 0.444. The van der Waals surface area contributed by atoms with Crippen LogP contribution >= 0.6 is 15.9 Å². The van der Waals surface area contributed by atoms with Gasteiger partial charge in [-0.1, -0.05) is 0 Å². The molecule has 1 N–H and O–H groups in total. The largest absolute Gasteiger partial charge is 0.469 e. The third kappa shape index (κ3) is 2.00. The van der Waals surface area contributed by atoms with Gasteiger partial charge in [0.2, 0.25) is 5.88 Å². The van der Waals surface area contributed by atoms with Crippen LogP contribution in [0.2, 0.25) is 0 Å². The predicted molar refractivity (Wildman–Crippen MR) is 53.8 cm³/mol. The van der Waals surface area contributed by atoms with Gasteiger partial charge in [0, 0.05) is 29.8 Å². The van der Waals surface area contributed by atoms with Crippen molar-refractivity contribution in [1.29, 1.82) is 0 Å². The molecule has 0 bridgehead atoms. The summed E-state index contributed by atoms with van der Waals surface area (Å²) in [5.41, 5.74) is -0.0686. The summed E-state index contributed by atoms with van der Waals surface area (Å²) in [7, 11) is 0. The minimum Gasteiger partial charge on any atom is -0.469 e. The van der Waals surface area contributed by atoms with E-state index in [0.29, 0.717) is 5.88 Å². The lowest BCUT2D eigenvalue weighted by atomic mass is 10.0. The zero-order valence-corrected chi connectivity index (χ0v) is 8.97. The molecule has 3 nitrogen and oxygen atoms in total. The van der Waals surface area contributed by atoms with E-state index in [0.717, 1.165) is 17.6 Å². The Morgan fingerprint density at radius 2 is 2.31 bits per heavy atom. The third-order valence-corrected chi connectivity index (χ3v) is 2.52. The fourth-order valence-corrected chi connectivity index (χ4v) is 1.46. The van der Waals surface area contributed by atoms with E-state index >= 15 is 0 Å². The molecule has 1 aromatic heterocycles. The molecule has 70 valence electrons. The van der Waals surface area contributed by atoms with Crippen LogP contribution < -0.4 is 10.1 Å². The number of pyridine rings is 1. The maximum Gasteiger partial charge on any atom is 0.213 e. The molecule has 1 saturated heterocycles. The Balaban J connectivity index is 2.05. The first kappa shape index (κ1) is 8.97. The second-order valence-corrected chi connectivity index (χ2v) is 4.39. The van der Waals surface area contributed by atoms with E-state index < -0.39 is 0 Å². The average Bonchev–Trinajstić information content (AvgIpc) is 2.06. The minimum atomic E-state index is -0.0686. The molecular formula is C9H11BrN2O. The molecule has 0 aromatic carbocycles. The van der Waals surface area contributed by atoms with E-state index in [9.17, 15) is 0 Å². The molecule has 0 unspecified atom stereocenters. The first-order chi connectivity index (χ1) is 6.18. The molecule has 4 heteroatoms. The molecule has 1 aromatic rings. The van der Waals surface area contributed by atoms with Crippen molar-refractivity contribution in [3.63, 3.8) is 0 Å². The number of hydrogen-bond donors (Lipinski definition) is 1. The minimum absolute atomic E-state index is 0.0686. The van der Waals surface area contributed by atoms with Crippen LogP contribution in [0.4, 0.5) is 0 Å². The SMILES string of the molecule is CC1(Oc2ccc(Br)cn2)CNC1. The molecule has 0 atom stereocenters. The smallest absolute Gasteiger partial charge is 0.213 e. The zero-order chi connectivity index (χ0) is 9.31. The highest BCUT2D eigenvalue weighted by molar-refractivity contribution is 9.10. The van der Waals surface area contributed by atoms with Crippen LogP contribution in [0, 0.1) is 0 Å². The molecule has 0 radical (unpaired) electrons. The summed E-state index contributed by atoms with van der Waals surface area (Å²) < 4.78 is 6.67. The van der Waals surface area contributed by atoms with Crippen molar-refractivity contribution in [2.24, 2.45) is 0 Å². The Morgan fingerprint density at radius 3 is 2.77 bits per heavy atom. The molecule has 0 amide bonds. The van der Waals surface area contributed by atoms with E-state index in [1.165, 1.54) is 0 Å². The monoisotopic (exact) mass is 242 g/mol. The van der Waals surface area contributed by atoms with Gasteiger partial charge in [0.25, 0.3) is 0 Å². The maximum absolute atomic E-state index is 5.70. The van der Waals surface area contributed by atoms with Crippen LogP contribution in [0.5, 0.6) is 5.88 Å². The lowest BCUT2D eigenvalue weighted by Crippen LogP contribution is -2.61. The topological polar surface area (TPSA) is 34.1 Å². The van der Waals surface area contributed by atoms with Gasteiger partial charge in [0.05, 0.1) is 0 Å². The molecule has 0 saturated carbocycles. The van der Waals surface area contributed by atoms with Gasteiger partial charge < -0.3 is 10.1 Å². The molecule has 0 aliphatic carbocycles. The van der Waals surface area contributed by atoms with Crippen LogP contribution in [0.25, 0.3) is 0 Å². The van der Waals surface area contributed by atoms with Gasteiger partial charge in [-0.25, -0.2) is 4.98 Å². The number of halogens is 1. The van der Waals surface area contributed by atoms with Gasteiger partial charge in [-0.15, -0.1) is 0 Å². The second-order valence-electron chi connectivity index (χ2n) is 3.47. The normalized spacial score (nSPS) is 19.2. The maximum atomic E-state index is 5.70. The number of nitrogens with zero attached hydrogens (tertiary/aromatic N) is 1. The number of aromatic nitrogens is 1. The number of ether oxygens (including phenoxy) is 1. The van der Waals surface area contributed by atoms with Crippen LogP contribution in [0.3, 0.4) is 0 Å². The van der Waals surface area contributed by atoms with Crippen molar-refractivity contribution >= 4 is 15.9 Å². The standard InChI is InChI=1S/C9H11BrN2O/c1-9(5-11-6-9)13-8-3-2-7(10)4-12-8/h2-4,11H,5-6H2,1H3. The summed E-state index contributed by atoms with van der Waals surface area (Å²) in [5.74, 6) is 0.687.